The van der Waals surface area contributed by atoms with Crippen LogP contribution in [0, 0.1) is 12.8 Å². The first-order valence-electron chi connectivity index (χ1n) is 9.69. The molecule has 0 spiro atoms. The summed E-state index contributed by atoms with van der Waals surface area (Å²) in [5, 5.41) is 12.0. The lowest BCUT2D eigenvalue weighted by molar-refractivity contribution is 0.0682. The van der Waals surface area contributed by atoms with Crippen LogP contribution in [0.4, 0.5) is 0 Å². The van der Waals surface area contributed by atoms with E-state index in [4.69, 9.17) is 0 Å². The molecule has 0 bridgehead atoms. The fourth-order valence-corrected chi connectivity index (χ4v) is 4.95. The van der Waals surface area contributed by atoms with Gasteiger partial charge >= 0.3 is 0 Å². The fourth-order valence-electron chi connectivity index (χ4n) is 4.95. The lowest BCUT2D eigenvalue weighted by Crippen LogP contribution is -2.40. The van der Waals surface area contributed by atoms with E-state index in [2.05, 4.69) is 20.5 Å². The van der Waals surface area contributed by atoms with E-state index in [1.165, 1.54) is 25.7 Å². The van der Waals surface area contributed by atoms with Gasteiger partial charge in [-0.05, 0) is 64.5 Å². The summed E-state index contributed by atoms with van der Waals surface area (Å²) in [7, 11) is 0. The van der Waals surface area contributed by atoms with E-state index in [0.717, 1.165) is 51.0 Å². The summed E-state index contributed by atoms with van der Waals surface area (Å²) in [6, 6.07) is 0.813. The number of amides is 1. The van der Waals surface area contributed by atoms with Crippen LogP contribution in [0.3, 0.4) is 0 Å². The third kappa shape index (κ3) is 2.85. The van der Waals surface area contributed by atoms with Crippen molar-refractivity contribution in [1.29, 1.82) is 0 Å². The molecule has 3 aliphatic rings. The molecule has 2 saturated heterocycles. The molecule has 132 valence electrons. The first-order chi connectivity index (χ1) is 11.8. The van der Waals surface area contributed by atoms with Gasteiger partial charge in [0.25, 0.3) is 5.91 Å². The van der Waals surface area contributed by atoms with E-state index in [1.54, 1.807) is 0 Å². The SMILES string of the molecule is Cc1c(C(=O)N2CCCC2C2CCCC2)nnn1C1CCNCC1. The standard InChI is InChI=1S/C18H29N5O/c1-13-17(20-21-23(13)15-8-10-19-11-9-15)18(24)22-12-4-7-16(22)14-5-2-3-6-14/h14-16,19H,2-12H2,1H3. The Kier molecular flexibility index (Phi) is 4.57. The Morgan fingerprint density at radius 2 is 1.83 bits per heavy atom. The Hall–Kier alpha value is -1.43. The van der Waals surface area contributed by atoms with Crippen LogP contribution in [0.1, 0.15) is 73.6 Å². The average molecular weight is 331 g/mol. The number of carbonyl (C=O) groups excluding carboxylic acids is 1. The molecule has 1 unspecified atom stereocenters. The van der Waals surface area contributed by atoms with Crippen molar-refractivity contribution in [1.82, 2.24) is 25.2 Å². The van der Waals surface area contributed by atoms with Crippen molar-refractivity contribution >= 4 is 5.91 Å². The minimum atomic E-state index is 0.113. The predicted molar refractivity (Wildman–Crippen MR) is 91.9 cm³/mol. The van der Waals surface area contributed by atoms with Crippen LogP contribution in [0.15, 0.2) is 0 Å². The van der Waals surface area contributed by atoms with E-state index in [0.29, 0.717) is 23.7 Å². The molecule has 6 heteroatoms. The van der Waals surface area contributed by atoms with Gasteiger partial charge in [-0.15, -0.1) is 5.10 Å². The van der Waals surface area contributed by atoms with E-state index >= 15 is 0 Å². The molecule has 3 heterocycles. The summed E-state index contributed by atoms with van der Waals surface area (Å²) in [4.78, 5) is 15.2. The molecule has 1 amide bonds. The number of carbonyl (C=O) groups is 1. The number of piperidine rings is 1. The van der Waals surface area contributed by atoms with Gasteiger partial charge in [-0.1, -0.05) is 18.1 Å². The summed E-state index contributed by atoms with van der Waals surface area (Å²) in [5.41, 5.74) is 1.53. The fraction of sp³-hybridized carbons (Fsp3) is 0.833. The quantitative estimate of drug-likeness (QED) is 0.923. The second kappa shape index (κ2) is 6.82. The van der Waals surface area contributed by atoms with Gasteiger partial charge in [0.15, 0.2) is 5.69 Å². The summed E-state index contributed by atoms with van der Waals surface area (Å²) >= 11 is 0. The number of nitrogens with zero attached hydrogens (tertiary/aromatic N) is 4. The zero-order chi connectivity index (χ0) is 16.5. The molecule has 4 rings (SSSR count). The molecule has 2 aliphatic heterocycles. The highest BCUT2D eigenvalue weighted by Gasteiger charge is 2.38. The van der Waals surface area contributed by atoms with Crippen LogP contribution in [0.25, 0.3) is 0 Å². The molecule has 1 aromatic rings. The van der Waals surface area contributed by atoms with Crippen molar-refractivity contribution in [3.8, 4) is 0 Å². The Bertz CT molecular complexity index is 586. The predicted octanol–water partition coefficient (Wildman–Crippen LogP) is 2.31. The highest BCUT2D eigenvalue weighted by molar-refractivity contribution is 5.93. The summed E-state index contributed by atoms with van der Waals surface area (Å²) in [5.74, 6) is 0.818. The molecular weight excluding hydrogens is 302 g/mol. The van der Waals surface area contributed by atoms with Crippen molar-refractivity contribution in [3.63, 3.8) is 0 Å². The highest BCUT2D eigenvalue weighted by atomic mass is 16.2. The van der Waals surface area contributed by atoms with Gasteiger partial charge in [0.05, 0.1) is 11.7 Å². The number of aromatic nitrogens is 3. The molecule has 1 N–H and O–H groups in total. The molecule has 6 nitrogen and oxygen atoms in total. The Morgan fingerprint density at radius 3 is 2.58 bits per heavy atom. The first kappa shape index (κ1) is 16.1. The molecule has 0 aromatic carbocycles. The second-order valence-corrected chi connectivity index (χ2v) is 7.70. The summed E-state index contributed by atoms with van der Waals surface area (Å²) in [6.45, 7) is 4.93. The van der Waals surface area contributed by atoms with E-state index < -0.39 is 0 Å². The second-order valence-electron chi connectivity index (χ2n) is 7.70. The van der Waals surface area contributed by atoms with Crippen LogP contribution < -0.4 is 5.32 Å². The van der Waals surface area contributed by atoms with Crippen LogP contribution >= 0.6 is 0 Å². The van der Waals surface area contributed by atoms with Gasteiger partial charge in [-0.25, -0.2) is 4.68 Å². The summed E-state index contributed by atoms with van der Waals surface area (Å²) in [6.07, 6.45) is 9.65. The topological polar surface area (TPSA) is 63.1 Å². The van der Waals surface area contributed by atoms with Crippen molar-refractivity contribution in [2.24, 2.45) is 5.92 Å². The molecule has 24 heavy (non-hydrogen) atoms. The zero-order valence-corrected chi connectivity index (χ0v) is 14.7. The monoisotopic (exact) mass is 331 g/mol. The first-order valence-corrected chi connectivity index (χ1v) is 9.69. The van der Waals surface area contributed by atoms with Gasteiger partial charge in [-0.2, -0.15) is 0 Å². The molecular formula is C18H29N5O. The smallest absolute Gasteiger partial charge is 0.276 e. The molecule has 1 aliphatic carbocycles. The van der Waals surface area contributed by atoms with Crippen LogP contribution in [-0.4, -0.2) is 51.5 Å². The number of hydrogen-bond donors (Lipinski definition) is 1. The molecule has 3 fully saturated rings. The van der Waals surface area contributed by atoms with E-state index in [-0.39, 0.29) is 5.91 Å². The normalized spacial score (nSPS) is 26.4. The average Bonchev–Trinajstić information content (AvgIpc) is 3.35. The number of likely N-dealkylation sites (tertiary alicyclic amines) is 1. The molecule has 1 aromatic heterocycles. The number of hydrogen-bond acceptors (Lipinski definition) is 4. The minimum Gasteiger partial charge on any atom is -0.334 e. The summed E-state index contributed by atoms with van der Waals surface area (Å²) < 4.78 is 1.99. The van der Waals surface area contributed by atoms with Gasteiger partial charge in [0.2, 0.25) is 0 Å². The molecule has 1 atom stereocenters. The maximum absolute atomic E-state index is 13.1. The van der Waals surface area contributed by atoms with Crippen molar-refractivity contribution < 1.29 is 4.79 Å². The van der Waals surface area contributed by atoms with E-state index in [9.17, 15) is 4.79 Å². The lowest BCUT2D eigenvalue weighted by atomic mass is 9.96. The third-order valence-electron chi connectivity index (χ3n) is 6.29. The largest absolute Gasteiger partial charge is 0.334 e. The van der Waals surface area contributed by atoms with Gasteiger partial charge in [-0.3, -0.25) is 4.79 Å². The molecule has 0 radical (unpaired) electrons. The Balaban J connectivity index is 1.52. The van der Waals surface area contributed by atoms with Crippen LogP contribution in [0.5, 0.6) is 0 Å². The Labute approximate surface area is 144 Å². The number of nitrogens with one attached hydrogen (secondary N) is 1. The Morgan fingerprint density at radius 1 is 1.08 bits per heavy atom. The lowest BCUT2D eigenvalue weighted by Gasteiger charge is -2.29. The number of rotatable bonds is 3. The maximum atomic E-state index is 13.1. The molecule has 1 saturated carbocycles. The van der Waals surface area contributed by atoms with Crippen molar-refractivity contribution in [2.75, 3.05) is 19.6 Å². The van der Waals surface area contributed by atoms with Gasteiger partial charge < -0.3 is 10.2 Å². The van der Waals surface area contributed by atoms with Crippen molar-refractivity contribution in [3.05, 3.63) is 11.4 Å². The van der Waals surface area contributed by atoms with Crippen LogP contribution in [-0.2, 0) is 0 Å². The van der Waals surface area contributed by atoms with Gasteiger partial charge in [0, 0.05) is 12.6 Å². The van der Waals surface area contributed by atoms with E-state index in [1.807, 2.05) is 11.6 Å². The van der Waals surface area contributed by atoms with Gasteiger partial charge in [0.1, 0.15) is 0 Å². The van der Waals surface area contributed by atoms with Crippen LogP contribution in [0.2, 0.25) is 0 Å². The maximum Gasteiger partial charge on any atom is 0.276 e. The minimum absolute atomic E-state index is 0.113. The highest BCUT2D eigenvalue weighted by Crippen LogP contribution is 2.36. The van der Waals surface area contributed by atoms with Crippen molar-refractivity contribution in [2.45, 2.75) is 70.4 Å². The zero-order valence-electron chi connectivity index (χ0n) is 14.7. The third-order valence-corrected chi connectivity index (χ3v) is 6.29.